The Bertz CT molecular complexity index is 1320. The Morgan fingerprint density at radius 3 is 2.46 bits per heavy atom. The highest BCUT2D eigenvalue weighted by Crippen LogP contribution is 2.21. The number of thiazole rings is 1. The molecule has 1 aliphatic rings. The summed E-state index contributed by atoms with van der Waals surface area (Å²) in [6.45, 7) is 10.2. The minimum Gasteiger partial charge on any atom is -0.426 e. The second kappa shape index (κ2) is 16.4. The van der Waals surface area contributed by atoms with Gasteiger partial charge in [-0.2, -0.15) is 9.72 Å². The van der Waals surface area contributed by atoms with Crippen molar-refractivity contribution >= 4 is 46.3 Å². The molecule has 3 heterocycles. The molecule has 1 fully saturated rings. The zero-order valence-corrected chi connectivity index (χ0v) is 24.8. The molecule has 1 aliphatic heterocycles. The number of hydrogen-bond acceptors (Lipinski definition) is 7. The summed E-state index contributed by atoms with van der Waals surface area (Å²) < 4.78 is 15.1. The van der Waals surface area contributed by atoms with Gasteiger partial charge in [0.1, 0.15) is 0 Å². The molecule has 0 spiro atoms. The Morgan fingerprint density at radius 1 is 1.23 bits per heavy atom. The lowest BCUT2D eigenvalue weighted by Gasteiger charge is -2.34. The van der Waals surface area contributed by atoms with E-state index >= 15 is 0 Å². The van der Waals surface area contributed by atoms with Crippen LogP contribution in [-0.4, -0.2) is 61.9 Å². The van der Waals surface area contributed by atoms with Crippen molar-refractivity contribution in [3.63, 3.8) is 0 Å². The lowest BCUT2D eigenvalue weighted by molar-refractivity contribution is 0.0622. The van der Waals surface area contributed by atoms with Crippen LogP contribution in [0.2, 0.25) is 5.02 Å². The molecule has 212 valence electrons. The van der Waals surface area contributed by atoms with Crippen LogP contribution in [0.25, 0.3) is 0 Å². The molecule has 1 aromatic carbocycles. The summed E-state index contributed by atoms with van der Waals surface area (Å²) >= 11 is 12.4. The maximum Gasteiger partial charge on any atom is 0.256 e. The maximum atomic E-state index is 14.2. The quantitative estimate of drug-likeness (QED) is 0.361. The fourth-order valence-corrected chi connectivity index (χ4v) is 4.27. The molecule has 0 aliphatic carbocycles. The van der Waals surface area contributed by atoms with Crippen LogP contribution in [0.4, 0.5) is 10.2 Å². The van der Waals surface area contributed by atoms with Crippen LogP contribution in [0, 0.1) is 5.82 Å². The third-order valence-corrected chi connectivity index (χ3v) is 6.77. The zero-order valence-electron chi connectivity index (χ0n) is 22.4. The number of benzene rings is 1. The summed E-state index contributed by atoms with van der Waals surface area (Å²) in [5.41, 5.74) is 1.36. The predicted molar refractivity (Wildman–Crippen MR) is 154 cm³/mol. The van der Waals surface area contributed by atoms with Gasteiger partial charge in [0.25, 0.3) is 5.91 Å². The molecule has 2 aromatic heterocycles. The van der Waals surface area contributed by atoms with Crippen LogP contribution in [0.3, 0.4) is 0 Å². The predicted octanol–water partition coefficient (Wildman–Crippen LogP) is 5.83. The summed E-state index contributed by atoms with van der Waals surface area (Å²) in [7, 11) is 0. The van der Waals surface area contributed by atoms with Crippen LogP contribution in [0.15, 0.2) is 58.0 Å². The zero-order chi connectivity index (χ0) is 28.9. The van der Waals surface area contributed by atoms with Gasteiger partial charge in [0, 0.05) is 43.1 Å². The van der Waals surface area contributed by atoms with E-state index in [9.17, 15) is 19.5 Å². The van der Waals surface area contributed by atoms with Crippen molar-refractivity contribution in [3.05, 3.63) is 85.5 Å². The molecule has 0 bridgehead atoms. The standard InChI is InChI=1S/C21H21ClFN5O3S.C4H7Cl.C2H6/c22-17-3-1-2-16(19(17)23)20(30)27-6-4-26(5-7-27)12-15-10-14(13-29)11-18(24-15)25-21-28(31)8-9-32-21;1-3-4(2)5;1-2/h1-3,8-11,29,31H,4-7,12-13H2;3H,1-2H3;1-2H3/b25-21-;4-3+;. The average molecular weight is 599 g/mol. The van der Waals surface area contributed by atoms with Gasteiger partial charge in [-0.15, -0.1) is 11.3 Å². The van der Waals surface area contributed by atoms with Crippen LogP contribution in [0.1, 0.15) is 49.3 Å². The molecule has 0 atom stereocenters. The normalized spacial score (nSPS) is 14.3. The largest absolute Gasteiger partial charge is 0.426 e. The van der Waals surface area contributed by atoms with E-state index in [0.29, 0.717) is 48.9 Å². The smallest absolute Gasteiger partial charge is 0.256 e. The number of carbonyl (C=O) groups is 1. The molecule has 0 saturated carbocycles. The van der Waals surface area contributed by atoms with Crippen molar-refractivity contribution in [2.24, 2.45) is 4.99 Å². The van der Waals surface area contributed by atoms with Crippen LogP contribution >= 0.6 is 34.5 Å². The van der Waals surface area contributed by atoms with Gasteiger partial charge in [-0.25, -0.2) is 9.37 Å². The molecule has 3 aromatic rings. The number of amides is 1. The van der Waals surface area contributed by atoms with Gasteiger partial charge in [0.2, 0.25) is 4.80 Å². The number of rotatable bonds is 5. The lowest BCUT2D eigenvalue weighted by atomic mass is 10.1. The summed E-state index contributed by atoms with van der Waals surface area (Å²) in [6, 6.07) is 7.89. The van der Waals surface area contributed by atoms with Crippen LogP contribution < -0.4 is 4.80 Å². The number of halogens is 3. The molecular weight excluding hydrogens is 564 g/mol. The number of piperazine rings is 1. The van der Waals surface area contributed by atoms with Crippen LogP contribution in [0.5, 0.6) is 0 Å². The van der Waals surface area contributed by atoms with Gasteiger partial charge in [0.15, 0.2) is 11.6 Å². The van der Waals surface area contributed by atoms with E-state index < -0.39 is 5.82 Å². The Morgan fingerprint density at radius 2 is 1.90 bits per heavy atom. The number of aromatic nitrogens is 2. The number of aliphatic hydroxyl groups is 1. The summed E-state index contributed by atoms with van der Waals surface area (Å²) in [5.74, 6) is -0.681. The van der Waals surface area contributed by atoms with Crippen molar-refractivity contribution in [2.75, 3.05) is 26.2 Å². The lowest BCUT2D eigenvalue weighted by Crippen LogP contribution is -2.48. The Balaban J connectivity index is 0.000000686. The van der Waals surface area contributed by atoms with Crippen molar-refractivity contribution < 1.29 is 19.5 Å². The average Bonchev–Trinajstić information content (AvgIpc) is 3.35. The van der Waals surface area contributed by atoms with Crippen molar-refractivity contribution in [3.8, 4) is 0 Å². The molecule has 8 nitrogen and oxygen atoms in total. The molecule has 1 saturated heterocycles. The van der Waals surface area contributed by atoms with Gasteiger partial charge in [-0.3, -0.25) is 9.69 Å². The topological polar surface area (TPSA) is 94.2 Å². The van der Waals surface area contributed by atoms with Crippen LogP contribution in [-0.2, 0) is 13.2 Å². The minimum absolute atomic E-state index is 0.0239. The number of hydrogen-bond donors (Lipinski definition) is 2. The van der Waals surface area contributed by atoms with Crippen molar-refractivity contribution in [1.29, 1.82) is 0 Å². The van der Waals surface area contributed by atoms with Gasteiger partial charge in [-0.1, -0.05) is 49.2 Å². The first kappa shape index (κ1) is 32.5. The van der Waals surface area contributed by atoms with Gasteiger partial charge in [-0.05, 0) is 43.7 Å². The molecule has 0 radical (unpaired) electrons. The molecule has 0 unspecified atom stereocenters. The highest BCUT2D eigenvalue weighted by Gasteiger charge is 2.25. The van der Waals surface area contributed by atoms with E-state index in [4.69, 9.17) is 23.2 Å². The fourth-order valence-electron chi connectivity index (χ4n) is 3.48. The van der Waals surface area contributed by atoms with Gasteiger partial charge in [0.05, 0.1) is 29.1 Å². The second-order valence-corrected chi connectivity index (χ2v) is 10.0. The summed E-state index contributed by atoms with van der Waals surface area (Å²) in [4.78, 5) is 25.7. The molecule has 12 heteroatoms. The highest BCUT2D eigenvalue weighted by atomic mass is 35.5. The number of carbonyl (C=O) groups excluding carboxylic acids is 1. The minimum atomic E-state index is -0.696. The number of nitrogens with zero attached hydrogens (tertiary/aromatic N) is 5. The second-order valence-electron chi connectivity index (χ2n) is 8.17. The Labute approximate surface area is 242 Å². The third kappa shape index (κ3) is 9.74. The maximum absolute atomic E-state index is 14.2. The molecule has 1 amide bonds. The molecular formula is C27H34Cl2FN5O3S. The first-order chi connectivity index (χ1) is 18.7. The molecule has 4 rings (SSSR count). The molecule has 2 N–H and O–H groups in total. The van der Waals surface area contributed by atoms with Gasteiger partial charge >= 0.3 is 0 Å². The first-order valence-corrected chi connectivity index (χ1v) is 14.1. The van der Waals surface area contributed by atoms with E-state index in [-0.39, 0.29) is 23.1 Å². The van der Waals surface area contributed by atoms with E-state index in [2.05, 4.69) is 14.9 Å². The third-order valence-electron chi connectivity index (χ3n) is 5.51. The van der Waals surface area contributed by atoms with E-state index in [0.717, 1.165) is 15.5 Å². The SMILES string of the molecule is C/C=C(\C)Cl.CC.O=C(c1cccc(Cl)c1F)N1CCN(Cc2cc(CO)cc(/N=c3\sccn3O)n2)CC1. The monoisotopic (exact) mass is 597 g/mol. The Kier molecular flexibility index (Phi) is 13.6. The van der Waals surface area contributed by atoms with E-state index in [1.165, 1.54) is 29.7 Å². The summed E-state index contributed by atoms with van der Waals surface area (Å²) in [6.07, 6.45) is 3.33. The number of pyridine rings is 1. The number of allylic oxidation sites excluding steroid dienone is 2. The Hall–Kier alpha value is -2.76. The fraction of sp³-hybridized carbons (Fsp3) is 0.370. The molecule has 39 heavy (non-hydrogen) atoms. The highest BCUT2D eigenvalue weighted by molar-refractivity contribution is 7.07. The summed E-state index contributed by atoms with van der Waals surface area (Å²) in [5, 5.41) is 21.8. The van der Waals surface area contributed by atoms with Crippen molar-refractivity contribution in [2.45, 2.75) is 40.8 Å². The first-order valence-electron chi connectivity index (χ1n) is 12.5. The van der Waals surface area contributed by atoms with Gasteiger partial charge < -0.3 is 15.2 Å². The number of aliphatic hydroxyl groups excluding tert-OH is 1. The van der Waals surface area contributed by atoms with E-state index in [1.54, 1.807) is 28.5 Å². The van der Waals surface area contributed by atoms with E-state index in [1.807, 2.05) is 33.8 Å². The van der Waals surface area contributed by atoms with Crippen molar-refractivity contribution in [1.82, 2.24) is 19.5 Å².